The molecule has 3 rings (SSSR count). The Morgan fingerprint density at radius 2 is 1.86 bits per heavy atom. The van der Waals surface area contributed by atoms with Crippen molar-refractivity contribution >= 4 is 0 Å². The molecule has 116 valence electrons. The second kappa shape index (κ2) is 7.39. The van der Waals surface area contributed by atoms with Crippen LogP contribution in [0.5, 0.6) is 0 Å². The minimum atomic E-state index is 0.444. The molecule has 0 spiro atoms. The summed E-state index contributed by atoms with van der Waals surface area (Å²) in [6, 6.07) is 11.6. The second-order valence-electron chi connectivity index (χ2n) is 6.47. The molecule has 2 heterocycles. The Morgan fingerprint density at radius 1 is 1.10 bits per heavy atom. The largest absolute Gasteiger partial charge is 0.378 e. The molecule has 0 amide bonds. The molecule has 21 heavy (non-hydrogen) atoms. The van der Waals surface area contributed by atoms with Gasteiger partial charge in [-0.25, -0.2) is 0 Å². The van der Waals surface area contributed by atoms with E-state index in [0.29, 0.717) is 6.10 Å². The lowest BCUT2D eigenvalue weighted by molar-refractivity contribution is -0.0279. The third-order valence-electron chi connectivity index (χ3n) is 4.94. The molecule has 0 saturated carbocycles. The molecule has 2 saturated heterocycles. The average Bonchev–Trinajstić information content (AvgIpc) is 2.54. The zero-order valence-corrected chi connectivity index (χ0v) is 13.2. The summed E-state index contributed by atoms with van der Waals surface area (Å²) < 4.78 is 5.67. The molecular formula is C18H28N2O. The SMILES string of the molecule is CC1CC(N2CCN(CCc3ccccc3)CC2)CCO1. The van der Waals surface area contributed by atoms with Crippen LogP contribution in [0.25, 0.3) is 0 Å². The van der Waals surface area contributed by atoms with Crippen molar-refractivity contribution < 1.29 is 4.74 Å². The molecule has 2 aliphatic rings. The van der Waals surface area contributed by atoms with E-state index in [-0.39, 0.29) is 0 Å². The standard InChI is InChI=1S/C18H28N2O/c1-16-15-18(8-14-21-16)20-12-10-19(11-13-20)9-7-17-5-3-2-4-6-17/h2-6,16,18H,7-15H2,1H3. The van der Waals surface area contributed by atoms with Crippen LogP contribution in [0.15, 0.2) is 30.3 Å². The van der Waals surface area contributed by atoms with Crippen LogP contribution in [0.4, 0.5) is 0 Å². The van der Waals surface area contributed by atoms with Crippen LogP contribution in [0, 0.1) is 0 Å². The molecule has 2 aliphatic heterocycles. The van der Waals surface area contributed by atoms with Crippen LogP contribution in [-0.4, -0.2) is 61.3 Å². The van der Waals surface area contributed by atoms with Crippen LogP contribution in [0.3, 0.4) is 0 Å². The lowest BCUT2D eigenvalue weighted by atomic mass is 10.0. The van der Waals surface area contributed by atoms with Gasteiger partial charge in [-0.2, -0.15) is 0 Å². The fraction of sp³-hybridized carbons (Fsp3) is 0.667. The van der Waals surface area contributed by atoms with Crippen molar-refractivity contribution in [2.45, 2.75) is 38.3 Å². The number of benzene rings is 1. The summed E-state index contributed by atoms with van der Waals surface area (Å²) in [7, 11) is 0. The number of nitrogens with zero attached hydrogens (tertiary/aromatic N) is 2. The van der Waals surface area contributed by atoms with Gasteiger partial charge in [0.15, 0.2) is 0 Å². The summed E-state index contributed by atoms with van der Waals surface area (Å²) in [5, 5.41) is 0. The highest BCUT2D eigenvalue weighted by atomic mass is 16.5. The fourth-order valence-corrected chi connectivity index (χ4v) is 3.59. The Kier molecular flexibility index (Phi) is 5.28. The topological polar surface area (TPSA) is 15.7 Å². The lowest BCUT2D eigenvalue weighted by Crippen LogP contribution is -2.52. The second-order valence-corrected chi connectivity index (χ2v) is 6.47. The van der Waals surface area contributed by atoms with E-state index in [2.05, 4.69) is 47.1 Å². The van der Waals surface area contributed by atoms with Gasteiger partial charge in [0.1, 0.15) is 0 Å². The molecule has 3 nitrogen and oxygen atoms in total. The first-order valence-electron chi connectivity index (χ1n) is 8.43. The molecule has 0 radical (unpaired) electrons. The maximum atomic E-state index is 5.67. The summed E-state index contributed by atoms with van der Waals surface area (Å²) in [6.45, 7) is 9.25. The van der Waals surface area contributed by atoms with Crippen LogP contribution >= 0.6 is 0 Å². The molecule has 0 aromatic heterocycles. The van der Waals surface area contributed by atoms with Crippen molar-refractivity contribution in [1.82, 2.24) is 9.80 Å². The summed E-state index contributed by atoms with van der Waals surface area (Å²) in [6.07, 6.45) is 4.05. The predicted octanol–water partition coefficient (Wildman–Crippen LogP) is 2.41. The number of ether oxygens (including phenoxy) is 1. The van der Waals surface area contributed by atoms with E-state index in [9.17, 15) is 0 Å². The highest BCUT2D eigenvalue weighted by molar-refractivity contribution is 5.14. The number of piperazine rings is 1. The minimum Gasteiger partial charge on any atom is -0.378 e. The normalized spacial score (nSPS) is 28.6. The average molecular weight is 288 g/mol. The van der Waals surface area contributed by atoms with Gasteiger partial charge in [0.2, 0.25) is 0 Å². The van der Waals surface area contributed by atoms with Crippen LogP contribution in [0.2, 0.25) is 0 Å². The molecule has 1 aromatic carbocycles. The fourth-order valence-electron chi connectivity index (χ4n) is 3.59. The van der Waals surface area contributed by atoms with E-state index in [0.717, 1.165) is 12.6 Å². The van der Waals surface area contributed by atoms with Gasteiger partial charge in [0.05, 0.1) is 6.10 Å². The Labute approximate surface area is 128 Å². The predicted molar refractivity (Wildman–Crippen MR) is 86.6 cm³/mol. The van der Waals surface area contributed by atoms with Gasteiger partial charge in [0.25, 0.3) is 0 Å². The van der Waals surface area contributed by atoms with Crippen molar-refractivity contribution in [3.8, 4) is 0 Å². The molecule has 2 atom stereocenters. The molecule has 0 bridgehead atoms. The molecule has 0 N–H and O–H groups in total. The van der Waals surface area contributed by atoms with E-state index in [1.165, 1.54) is 57.5 Å². The lowest BCUT2D eigenvalue weighted by Gasteiger charge is -2.42. The summed E-state index contributed by atoms with van der Waals surface area (Å²) in [4.78, 5) is 5.31. The quantitative estimate of drug-likeness (QED) is 0.846. The molecular weight excluding hydrogens is 260 g/mol. The van der Waals surface area contributed by atoms with Crippen LogP contribution in [-0.2, 0) is 11.2 Å². The van der Waals surface area contributed by atoms with Crippen LogP contribution in [0.1, 0.15) is 25.3 Å². The first-order valence-corrected chi connectivity index (χ1v) is 8.43. The van der Waals surface area contributed by atoms with E-state index >= 15 is 0 Å². The Bertz CT molecular complexity index is 414. The maximum absolute atomic E-state index is 5.67. The summed E-state index contributed by atoms with van der Waals surface area (Å²) >= 11 is 0. The van der Waals surface area contributed by atoms with E-state index in [1.54, 1.807) is 0 Å². The van der Waals surface area contributed by atoms with Crippen molar-refractivity contribution in [1.29, 1.82) is 0 Å². The first kappa shape index (κ1) is 15.0. The zero-order chi connectivity index (χ0) is 14.5. The molecule has 2 unspecified atom stereocenters. The van der Waals surface area contributed by atoms with Gasteiger partial charge in [-0.1, -0.05) is 30.3 Å². The van der Waals surface area contributed by atoms with Crippen molar-refractivity contribution in [3.63, 3.8) is 0 Å². The van der Waals surface area contributed by atoms with E-state index in [4.69, 9.17) is 4.74 Å². The minimum absolute atomic E-state index is 0.444. The molecule has 1 aromatic rings. The smallest absolute Gasteiger partial charge is 0.0561 e. The Balaban J connectivity index is 1.40. The number of rotatable bonds is 4. The van der Waals surface area contributed by atoms with E-state index < -0.39 is 0 Å². The van der Waals surface area contributed by atoms with Gasteiger partial charge in [0, 0.05) is 45.4 Å². The third-order valence-corrected chi connectivity index (χ3v) is 4.94. The van der Waals surface area contributed by atoms with Gasteiger partial charge < -0.3 is 9.64 Å². The zero-order valence-electron chi connectivity index (χ0n) is 13.2. The Hall–Kier alpha value is -0.900. The van der Waals surface area contributed by atoms with Crippen molar-refractivity contribution in [2.75, 3.05) is 39.3 Å². The summed E-state index contributed by atoms with van der Waals surface area (Å²) in [5.41, 5.74) is 1.46. The Morgan fingerprint density at radius 3 is 2.57 bits per heavy atom. The van der Waals surface area contributed by atoms with Crippen molar-refractivity contribution in [2.24, 2.45) is 0 Å². The van der Waals surface area contributed by atoms with Gasteiger partial charge >= 0.3 is 0 Å². The molecule has 2 fully saturated rings. The summed E-state index contributed by atoms with van der Waals surface area (Å²) in [5.74, 6) is 0. The molecule has 3 heteroatoms. The van der Waals surface area contributed by atoms with E-state index in [1.807, 2.05) is 0 Å². The highest BCUT2D eigenvalue weighted by Gasteiger charge is 2.27. The third kappa shape index (κ3) is 4.29. The van der Waals surface area contributed by atoms with Gasteiger partial charge in [-0.3, -0.25) is 4.90 Å². The van der Waals surface area contributed by atoms with Gasteiger partial charge in [-0.15, -0.1) is 0 Å². The molecule has 0 aliphatic carbocycles. The highest BCUT2D eigenvalue weighted by Crippen LogP contribution is 2.20. The number of hydrogen-bond donors (Lipinski definition) is 0. The maximum Gasteiger partial charge on any atom is 0.0561 e. The first-order chi connectivity index (χ1) is 10.3. The van der Waals surface area contributed by atoms with Gasteiger partial charge in [-0.05, 0) is 31.7 Å². The van der Waals surface area contributed by atoms with Crippen molar-refractivity contribution in [3.05, 3.63) is 35.9 Å². The van der Waals surface area contributed by atoms with Crippen LogP contribution < -0.4 is 0 Å². The number of hydrogen-bond acceptors (Lipinski definition) is 3. The monoisotopic (exact) mass is 288 g/mol.